The van der Waals surface area contributed by atoms with E-state index in [-0.39, 0.29) is 24.9 Å². The van der Waals surface area contributed by atoms with Gasteiger partial charge in [0.15, 0.2) is 11.6 Å². The van der Waals surface area contributed by atoms with Gasteiger partial charge in [-0.3, -0.25) is 0 Å². The number of halogens is 2. The lowest BCUT2D eigenvalue weighted by molar-refractivity contribution is 0.123. The van der Waals surface area contributed by atoms with Gasteiger partial charge >= 0.3 is 6.03 Å². The van der Waals surface area contributed by atoms with Gasteiger partial charge in [-0.05, 0) is 24.3 Å². The summed E-state index contributed by atoms with van der Waals surface area (Å²) in [7, 11) is 0. The average Bonchev–Trinajstić information content (AvgIpc) is 2.68. The maximum Gasteiger partial charge on any atom is 0.319 e. The van der Waals surface area contributed by atoms with Crippen LogP contribution in [0.15, 0.2) is 42.5 Å². The molecule has 1 aliphatic heterocycles. The second kappa shape index (κ2) is 9.18. The number of nitrogens with zero attached hydrogens (tertiary/aromatic N) is 1. The third kappa shape index (κ3) is 5.30. The summed E-state index contributed by atoms with van der Waals surface area (Å²) in [5.74, 6) is -1.51. The highest BCUT2D eigenvalue weighted by Crippen LogP contribution is 2.26. The van der Waals surface area contributed by atoms with Gasteiger partial charge in [0.2, 0.25) is 0 Å². The van der Waals surface area contributed by atoms with E-state index in [1.165, 1.54) is 6.07 Å². The van der Waals surface area contributed by atoms with Crippen molar-refractivity contribution in [1.29, 1.82) is 0 Å². The summed E-state index contributed by atoms with van der Waals surface area (Å²) in [6.45, 7) is 3.05. The van der Waals surface area contributed by atoms with Crippen LogP contribution in [0.1, 0.15) is 0 Å². The molecule has 2 aromatic rings. The number of benzene rings is 2. The predicted octanol–water partition coefficient (Wildman–Crippen LogP) is 3.00. The van der Waals surface area contributed by atoms with E-state index in [4.69, 9.17) is 9.47 Å². The Morgan fingerprint density at radius 2 is 1.93 bits per heavy atom. The zero-order valence-electron chi connectivity index (χ0n) is 14.7. The fourth-order valence-corrected chi connectivity index (χ4v) is 2.74. The van der Waals surface area contributed by atoms with Crippen LogP contribution in [-0.2, 0) is 4.74 Å². The molecule has 144 valence electrons. The smallest absolute Gasteiger partial charge is 0.319 e. The number of rotatable bonds is 6. The highest BCUT2D eigenvalue weighted by atomic mass is 19.1. The van der Waals surface area contributed by atoms with Crippen molar-refractivity contribution in [1.82, 2.24) is 5.32 Å². The van der Waals surface area contributed by atoms with E-state index < -0.39 is 11.6 Å². The Bertz CT molecular complexity index is 783. The van der Waals surface area contributed by atoms with Gasteiger partial charge in [0, 0.05) is 19.2 Å². The molecule has 3 rings (SSSR count). The molecule has 8 heteroatoms. The molecule has 1 heterocycles. The molecule has 0 bridgehead atoms. The van der Waals surface area contributed by atoms with Crippen LogP contribution in [0.25, 0.3) is 0 Å². The minimum absolute atomic E-state index is 0.0566. The number of para-hydroxylation sites is 2. The zero-order chi connectivity index (χ0) is 19.1. The minimum Gasteiger partial charge on any atom is -0.489 e. The molecule has 0 atom stereocenters. The summed E-state index contributed by atoms with van der Waals surface area (Å²) in [6.07, 6.45) is 0. The number of ether oxygens (including phenoxy) is 2. The van der Waals surface area contributed by atoms with E-state index >= 15 is 0 Å². The number of carbonyl (C=O) groups excluding carboxylic acids is 1. The quantitative estimate of drug-likeness (QED) is 0.760. The van der Waals surface area contributed by atoms with E-state index in [1.807, 2.05) is 24.3 Å². The zero-order valence-corrected chi connectivity index (χ0v) is 14.7. The van der Waals surface area contributed by atoms with Crippen molar-refractivity contribution in [3.8, 4) is 5.75 Å². The van der Waals surface area contributed by atoms with Gasteiger partial charge in [-0.2, -0.15) is 0 Å². The molecule has 2 aromatic carbocycles. The standard InChI is InChI=1S/C19H21F2N3O3/c20-14-5-6-18(15(21)13-14)27-10-7-22-19(25)23-16-3-1-2-4-17(16)24-8-11-26-12-9-24/h1-6,13H,7-12H2,(H2,22,23,25). The monoisotopic (exact) mass is 377 g/mol. The predicted molar refractivity (Wildman–Crippen MR) is 98.3 cm³/mol. The highest BCUT2D eigenvalue weighted by Gasteiger charge is 2.15. The molecule has 0 aromatic heterocycles. The Balaban J connectivity index is 1.48. The van der Waals surface area contributed by atoms with Crippen LogP contribution in [0.2, 0.25) is 0 Å². The van der Waals surface area contributed by atoms with E-state index in [2.05, 4.69) is 15.5 Å². The van der Waals surface area contributed by atoms with Gasteiger partial charge in [-0.25, -0.2) is 13.6 Å². The highest BCUT2D eigenvalue weighted by molar-refractivity contribution is 5.93. The first kappa shape index (κ1) is 18.9. The molecule has 2 N–H and O–H groups in total. The number of nitrogens with one attached hydrogen (secondary N) is 2. The maximum atomic E-state index is 13.5. The van der Waals surface area contributed by atoms with Crippen molar-refractivity contribution in [2.45, 2.75) is 0 Å². The minimum atomic E-state index is -0.779. The van der Waals surface area contributed by atoms with Gasteiger partial charge in [-0.1, -0.05) is 12.1 Å². The Labute approximate surface area is 156 Å². The van der Waals surface area contributed by atoms with Gasteiger partial charge in [0.1, 0.15) is 12.4 Å². The van der Waals surface area contributed by atoms with Crippen LogP contribution >= 0.6 is 0 Å². The normalized spacial score (nSPS) is 13.9. The second-order valence-corrected chi connectivity index (χ2v) is 5.92. The third-order valence-electron chi connectivity index (χ3n) is 4.04. The lowest BCUT2D eigenvalue weighted by Gasteiger charge is -2.30. The first-order valence-electron chi connectivity index (χ1n) is 8.68. The molecule has 1 fully saturated rings. The summed E-state index contributed by atoms with van der Waals surface area (Å²) in [5, 5.41) is 5.46. The van der Waals surface area contributed by atoms with Crippen LogP contribution < -0.4 is 20.3 Å². The number of morpholine rings is 1. The molecule has 27 heavy (non-hydrogen) atoms. The van der Waals surface area contributed by atoms with Crippen LogP contribution in [0.5, 0.6) is 5.75 Å². The van der Waals surface area contributed by atoms with Crippen molar-refractivity contribution in [3.63, 3.8) is 0 Å². The number of hydrogen-bond acceptors (Lipinski definition) is 4. The molecule has 1 saturated heterocycles. The Morgan fingerprint density at radius 3 is 2.70 bits per heavy atom. The number of urea groups is 1. The van der Waals surface area contributed by atoms with Crippen LogP contribution in [0, 0.1) is 11.6 Å². The fraction of sp³-hybridized carbons (Fsp3) is 0.316. The molecule has 0 unspecified atom stereocenters. The summed E-state index contributed by atoms with van der Waals surface area (Å²) in [4.78, 5) is 14.3. The van der Waals surface area contributed by atoms with Gasteiger partial charge < -0.3 is 25.0 Å². The average molecular weight is 377 g/mol. The van der Waals surface area contributed by atoms with Crippen molar-refractivity contribution < 1.29 is 23.0 Å². The van der Waals surface area contributed by atoms with E-state index in [9.17, 15) is 13.6 Å². The topological polar surface area (TPSA) is 62.8 Å². The van der Waals surface area contributed by atoms with Crippen LogP contribution in [0.3, 0.4) is 0 Å². The summed E-state index contributed by atoms with van der Waals surface area (Å²) < 4.78 is 36.9. The Morgan fingerprint density at radius 1 is 1.15 bits per heavy atom. The fourth-order valence-electron chi connectivity index (χ4n) is 2.74. The number of hydrogen-bond donors (Lipinski definition) is 2. The summed E-state index contributed by atoms with van der Waals surface area (Å²) in [6, 6.07) is 10.2. The van der Waals surface area contributed by atoms with Gasteiger partial charge in [-0.15, -0.1) is 0 Å². The number of carbonyl (C=O) groups is 1. The molecule has 2 amide bonds. The Kier molecular flexibility index (Phi) is 6.43. The van der Waals surface area contributed by atoms with Crippen LogP contribution in [0.4, 0.5) is 25.0 Å². The molecule has 0 radical (unpaired) electrons. The van der Waals surface area contributed by atoms with Crippen molar-refractivity contribution in [2.75, 3.05) is 49.7 Å². The van der Waals surface area contributed by atoms with E-state index in [0.29, 0.717) is 18.9 Å². The molecule has 0 aliphatic carbocycles. The number of amides is 2. The lowest BCUT2D eigenvalue weighted by atomic mass is 10.2. The molecular formula is C19H21F2N3O3. The lowest BCUT2D eigenvalue weighted by Crippen LogP contribution is -2.37. The summed E-state index contributed by atoms with van der Waals surface area (Å²) in [5.41, 5.74) is 1.63. The first-order valence-corrected chi connectivity index (χ1v) is 8.68. The Hall–Kier alpha value is -2.87. The third-order valence-corrected chi connectivity index (χ3v) is 4.04. The van der Waals surface area contributed by atoms with Crippen molar-refractivity contribution in [3.05, 3.63) is 54.1 Å². The van der Waals surface area contributed by atoms with Gasteiger partial charge in [0.25, 0.3) is 0 Å². The molecular weight excluding hydrogens is 356 g/mol. The van der Waals surface area contributed by atoms with Crippen LogP contribution in [-0.4, -0.2) is 45.5 Å². The molecule has 0 saturated carbocycles. The van der Waals surface area contributed by atoms with Crippen molar-refractivity contribution in [2.24, 2.45) is 0 Å². The van der Waals surface area contributed by atoms with E-state index in [0.717, 1.165) is 30.9 Å². The first-order chi connectivity index (χ1) is 13.1. The second-order valence-electron chi connectivity index (χ2n) is 5.92. The molecule has 0 spiro atoms. The van der Waals surface area contributed by atoms with Gasteiger partial charge in [0.05, 0.1) is 31.1 Å². The number of anilines is 2. The SMILES string of the molecule is O=C(NCCOc1ccc(F)cc1F)Nc1ccccc1N1CCOCC1. The summed E-state index contributed by atoms with van der Waals surface area (Å²) >= 11 is 0. The molecule has 6 nitrogen and oxygen atoms in total. The van der Waals surface area contributed by atoms with E-state index in [1.54, 1.807) is 0 Å². The maximum absolute atomic E-state index is 13.5. The molecule has 1 aliphatic rings. The largest absolute Gasteiger partial charge is 0.489 e. The van der Waals surface area contributed by atoms with Crippen molar-refractivity contribution >= 4 is 17.4 Å².